The number of hydrazine groups is 1. The van der Waals surface area contributed by atoms with Crippen LogP contribution in [0.2, 0.25) is 0 Å². The number of nitrogens with one attached hydrogen (secondary N) is 1. The average molecular weight is 149 g/mol. The van der Waals surface area contributed by atoms with Gasteiger partial charge < -0.3 is 0 Å². The molecular weight excluding hydrogens is 138 g/mol. The summed E-state index contributed by atoms with van der Waals surface area (Å²) in [5.74, 6) is 5.72. The van der Waals surface area contributed by atoms with Crippen LogP contribution in [0.4, 0.5) is 5.69 Å². The molecule has 1 aromatic rings. The normalized spacial score (nSPS) is 16.3. The van der Waals surface area contributed by atoms with E-state index >= 15 is 0 Å². The molecule has 3 N–H and O–H groups in total. The van der Waals surface area contributed by atoms with Crippen LogP contribution in [0.3, 0.4) is 0 Å². The zero-order valence-corrected chi connectivity index (χ0v) is 6.25. The molecule has 3 nitrogen and oxygen atoms in total. The first kappa shape index (κ1) is 6.64. The highest BCUT2D eigenvalue weighted by molar-refractivity contribution is 5.53. The van der Waals surface area contributed by atoms with E-state index in [0.717, 1.165) is 18.9 Å². The summed E-state index contributed by atoms with van der Waals surface area (Å²) in [5, 5.41) is 4.91. The Bertz CT molecular complexity index is 259. The van der Waals surface area contributed by atoms with Gasteiger partial charge in [-0.3, -0.25) is 10.3 Å². The Hall–Kier alpha value is -1.06. The van der Waals surface area contributed by atoms with Gasteiger partial charge in [-0.2, -0.15) is 0 Å². The summed E-state index contributed by atoms with van der Waals surface area (Å²) >= 11 is 0. The summed E-state index contributed by atoms with van der Waals surface area (Å²) in [7, 11) is 0. The summed E-state index contributed by atoms with van der Waals surface area (Å²) < 4.78 is 0. The van der Waals surface area contributed by atoms with Crippen LogP contribution in [0.25, 0.3) is 0 Å². The summed E-state index contributed by atoms with van der Waals surface area (Å²) in [6.45, 7) is 1.65. The number of hydrogen-bond acceptors (Lipinski definition) is 3. The molecule has 0 aliphatic carbocycles. The highest BCUT2D eigenvalue weighted by Gasteiger charge is 2.10. The van der Waals surface area contributed by atoms with Crippen molar-refractivity contribution in [3.05, 3.63) is 29.8 Å². The van der Waals surface area contributed by atoms with Crippen molar-refractivity contribution in [2.75, 3.05) is 11.7 Å². The Labute approximate surface area is 65.8 Å². The fraction of sp³-hybridized carbons (Fsp3) is 0.250. The second-order valence-corrected chi connectivity index (χ2v) is 2.68. The number of anilines is 1. The Kier molecular flexibility index (Phi) is 1.52. The van der Waals surface area contributed by atoms with Gasteiger partial charge in [-0.25, -0.2) is 5.84 Å². The number of nitrogens with zero attached hydrogens (tertiary/aromatic N) is 1. The van der Waals surface area contributed by atoms with E-state index in [0.29, 0.717) is 0 Å². The van der Waals surface area contributed by atoms with Crippen molar-refractivity contribution in [3.63, 3.8) is 0 Å². The molecule has 1 aliphatic rings. The van der Waals surface area contributed by atoms with Crippen LogP contribution in [-0.4, -0.2) is 6.67 Å². The second kappa shape index (κ2) is 2.53. The van der Waals surface area contributed by atoms with Crippen LogP contribution in [0.15, 0.2) is 24.3 Å². The minimum absolute atomic E-state index is 0.733. The van der Waals surface area contributed by atoms with Gasteiger partial charge in [-0.15, -0.1) is 0 Å². The van der Waals surface area contributed by atoms with Crippen molar-refractivity contribution in [3.8, 4) is 0 Å². The molecule has 2 rings (SSSR count). The minimum Gasteiger partial charge on any atom is -0.297 e. The van der Waals surface area contributed by atoms with Gasteiger partial charge in [0, 0.05) is 6.54 Å². The van der Waals surface area contributed by atoms with E-state index in [4.69, 9.17) is 5.84 Å². The maximum absolute atomic E-state index is 5.72. The maximum atomic E-state index is 5.72. The van der Waals surface area contributed by atoms with Crippen molar-refractivity contribution in [1.82, 2.24) is 5.32 Å². The van der Waals surface area contributed by atoms with E-state index in [1.54, 1.807) is 5.01 Å². The lowest BCUT2D eigenvalue weighted by Crippen LogP contribution is -2.43. The molecule has 11 heavy (non-hydrogen) atoms. The number of hydrogen-bond donors (Lipinski definition) is 2. The van der Waals surface area contributed by atoms with E-state index in [9.17, 15) is 0 Å². The second-order valence-electron chi connectivity index (χ2n) is 2.68. The standard InChI is InChI=1S/C8H11N3/c9-11-6-10-5-7-3-1-2-4-8(7)11/h1-4,10H,5-6,9H2. The molecule has 1 aromatic carbocycles. The molecule has 0 amide bonds. The third kappa shape index (κ3) is 1.08. The van der Waals surface area contributed by atoms with Crippen LogP contribution < -0.4 is 16.2 Å². The molecule has 0 fully saturated rings. The van der Waals surface area contributed by atoms with Crippen LogP contribution in [-0.2, 0) is 6.54 Å². The Morgan fingerprint density at radius 2 is 2.18 bits per heavy atom. The first-order chi connectivity index (χ1) is 5.38. The van der Waals surface area contributed by atoms with Gasteiger partial charge in [0.2, 0.25) is 0 Å². The highest BCUT2D eigenvalue weighted by atomic mass is 15.5. The number of nitrogens with two attached hydrogens (primary N) is 1. The molecule has 0 aromatic heterocycles. The minimum atomic E-state index is 0.733. The van der Waals surface area contributed by atoms with Gasteiger partial charge in [0.25, 0.3) is 0 Å². The number of para-hydroxylation sites is 1. The quantitative estimate of drug-likeness (QED) is 0.525. The number of fused-ring (bicyclic) bond motifs is 1. The SMILES string of the molecule is NN1CNCc2ccccc21. The molecule has 0 saturated heterocycles. The lowest BCUT2D eigenvalue weighted by atomic mass is 10.1. The predicted molar refractivity (Wildman–Crippen MR) is 44.8 cm³/mol. The molecule has 0 unspecified atom stereocenters. The Balaban J connectivity index is 2.44. The van der Waals surface area contributed by atoms with E-state index in [1.807, 2.05) is 18.2 Å². The van der Waals surface area contributed by atoms with E-state index < -0.39 is 0 Å². The largest absolute Gasteiger partial charge is 0.297 e. The Morgan fingerprint density at radius 3 is 3.00 bits per heavy atom. The highest BCUT2D eigenvalue weighted by Crippen LogP contribution is 2.19. The lowest BCUT2D eigenvalue weighted by molar-refractivity contribution is 0.625. The van der Waals surface area contributed by atoms with Crippen LogP contribution in [0.1, 0.15) is 5.56 Å². The smallest absolute Gasteiger partial charge is 0.0839 e. The van der Waals surface area contributed by atoms with Crippen molar-refractivity contribution in [2.45, 2.75) is 6.54 Å². The van der Waals surface area contributed by atoms with Crippen molar-refractivity contribution >= 4 is 5.69 Å². The zero-order chi connectivity index (χ0) is 7.68. The monoisotopic (exact) mass is 149 g/mol. The van der Waals surface area contributed by atoms with E-state index in [1.165, 1.54) is 5.56 Å². The third-order valence-corrected chi connectivity index (χ3v) is 1.90. The van der Waals surface area contributed by atoms with Crippen LogP contribution in [0.5, 0.6) is 0 Å². The molecule has 1 aliphatic heterocycles. The summed E-state index contributed by atoms with van der Waals surface area (Å²) in [5.41, 5.74) is 2.40. The fourth-order valence-electron chi connectivity index (χ4n) is 1.34. The van der Waals surface area contributed by atoms with Gasteiger partial charge >= 0.3 is 0 Å². The summed E-state index contributed by atoms with van der Waals surface area (Å²) in [6.07, 6.45) is 0. The third-order valence-electron chi connectivity index (χ3n) is 1.90. The zero-order valence-electron chi connectivity index (χ0n) is 6.25. The van der Waals surface area contributed by atoms with Crippen molar-refractivity contribution in [2.24, 2.45) is 5.84 Å². The molecule has 58 valence electrons. The molecule has 0 bridgehead atoms. The van der Waals surface area contributed by atoms with Gasteiger partial charge in [0.1, 0.15) is 0 Å². The van der Waals surface area contributed by atoms with E-state index in [2.05, 4.69) is 11.4 Å². The maximum Gasteiger partial charge on any atom is 0.0839 e. The molecule has 0 atom stereocenters. The number of benzene rings is 1. The molecule has 0 radical (unpaired) electrons. The first-order valence-electron chi connectivity index (χ1n) is 3.69. The molecule has 3 heteroatoms. The van der Waals surface area contributed by atoms with Gasteiger partial charge in [-0.1, -0.05) is 18.2 Å². The number of rotatable bonds is 0. The average Bonchev–Trinajstić information content (AvgIpc) is 2.06. The van der Waals surface area contributed by atoms with Crippen LogP contribution in [0, 0.1) is 0 Å². The van der Waals surface area contributed by atoms with Gasteiger partial charge in [0.05, 0.1) is 12.4 Å². The fourth-order valence-corrected chi connectivity index (χ4v) is 1.34. The Morgan fingerprint density at radius 1 is 1.36 bits per heavy atom. The van der Waals surface area contributed by atoms with Crippen LogP contribution >= 0.6 is 0 Å². The molecule has 1 heterocycles. The summed E-state index contributed by atoms with van der Waals surface area (Å²) in [4.78, 5) is 0. The predicted octanol–water partition coefficient (Wildman–Crippen LogP) is 0.427. The first-order valence-corrected chi connectivity index (χ1v) is 3.69. The van der Waals surface area contributed by atoms with Gasteiger partial charge in [-0.05, 0) is 11.6 Å². The topological polar surface area (TPSA) is 41.3 Å². The van der Waals surface area contributed by atoms with E-state index in [-0.39, 0.29) is 0 Å². The summed E-state index contributed by atoms with van der Waals surface area (Å²) in [6, 6.07) is 8.15. The molecule has 0 saturated carbocycles. The molecule has 0 spiro atoms. The van der Waals surface area contributed by atoms with Gasteiger partial charge in [0.15, 0.2) is 0 Å². The lowest BCUT2D eigenvalue weighted by Gasteiger charge is -2.27. The van der Waals surface area contributed by atoms with Crippen molar-refractivity contribution < 1.29 is 0 Å². The molecular formula is C8H11N3. The van der Waals surface area contributed by atoms with Crippen molar-refractivity contribution in [1.29, 1.82) is 0 Å².